The van der Waals surface area contributed by atoms with Gasteiger partial charge in [-0.25, -0.2) is 0 Å². The number of anilines is 12. The molecule has 0 saturated heterocycles. The molecule has 4 nitrogen and oxygen atoms in total. The van der Waals surface area contributed by atoms with Crippen LogP contribution in [0.1, 0.15) is 44.5 Å². The Hall–Kier alpha value is -11.2. The average Bonchev–Trinajstić information content (AvgIpc) is 3.63. The second kappa shape index (κ2) is 27.2. The van der Waals surface area contributed by atoms with Crippen molar-refractivity contribution in [1.82, 2.24) is 0 Å². The molecular formula is C84H70N4. The van der Waals surface area contributed by atoms with E-state index in [1.54, 1.807) is 0 Å². The summed E-state index contributed by atoms with van der Waals surface area (Å²) in [5, 5.41) is 0. The Kier molecular flexibility index (Phi) is 17.7. The third kappa shape index (κ3) is 14.0. The number of aryl methyl sites for hydroxylation is 4. The summed E-state index contributed by atoms with van der Waals surface area (Å²) in [6.07, 6.45) is 17.0. The van der Waals surface area contributed by atoms with E-state index >= 15 is 0 Å². The monoisotopic (exact) mass is 1130 g/mol. The number of benzene rings is 12. The maximum atomic E-state index is 2.31. The highest BCUT2D eigenvalue weighted by Gasteiger charge is 2.17. The quantitative estimate of drug-likeness (QED) is 0.0748. The Morgan fingerprint density at radius 2 is 0.330 bits per heavy atom. The molecule has 0 spiro atoms. The molecule has 0 bridgehead atoms. The first-order chi connectivity index (χ1) is 43.2. The molecule has 88 heavy (non-hydrogen) atoms. The molecule has 4 heteroatoms. The SMILES string of the molecule is Cc1ccc(N(c2ccc(C)cc2)c2ccc(/C=C/C=C/c3ccc(N(c4ccccc4)c4ccc(-c5ccc(N(c6ccccc6)c6ccc(/C=C/C=C/c7ccc(N(c8ccc(C)cc8)c8ccc(C)cc8)cc7)cc6)cc5)cc4)cc3)cc2)cc1. The summed E-state index contributed by atoms with van der Waals surface area (Å²) in [6, 6.07) is 109. The normalized spacial score (nSPS) is 11.5. The van der Waals surface area contributed by atoms with Gasteiger partial charge in [-0.2, -0.15) is 0 Å². The van der Waals surface area contributed by atoms with E-state index < -0.39 is 0 Å². The molecule has 0 aliphatic rings. The van der Waals surface area contributed by atoms with Crippen molar-refractivity contribution in [3.63, 3.8) is 0 Å². The molecule has 0 heterocycles. The van der Waals surface area contributed by atoms with E-state index in [1.807, 2.05) is 0 Å². The van der Waals surface area contributed by atoms with E-state index in [4.69, 9.17) is 0 Å². The lowest BCUT2D eigenvalue weighted by Crippen LogP contribution is -2.10. The molecular weight excluding hydrogens is 1060 g/mol. The molecule has 12 aromatic rings. The van der Waals surface area contributed by atoms with Crippen molar-refractivity contribution in [3.05, 3.63) is 372 Å². The minimum absolute atomic E-state index is 1.08. The first-order valence-electron chi connectivity index (χ1n) is 30.1. The molecule has 0 aliphatic heterocycles. The zero-order valence-corrected chi connectivity index (χ0v) is 50.3. The van der Waals surface area contributed by atoms with Crippen molar-refractivity contribution in [3.8, 4) is 11.1 Å². The Balaban J connectivity index is 0.697. The molecule has 0 atom stereocenters. The van der Waals surface area contributed by atoms with E-state index in [2.05, 4.69) is 399 Å². The van der Waals surface area contributed by atoms with Gasteiger partial charge < -0.3 is 19.6 Å². The topological polar surface area (TPSA) is 13.0 Å². The predicted molar refractivity (Wildman–Crippen MR) is 379 cm³/mol. The predicted octanol–water partition coefficient (Wildman–Crippen LogP) is 23.9. The Morgan fingerprint density at radius 3 is 0.523 bits per heavy atom. The summed E-state index contributed by atoms with van der Waals surface area (Å²) in [7, 11) is 0. The second-order valence-electron chi connectivity index (χ2n) is 22.3. The van der Waals surface area contributed by atoms with E-state index in [9.17, 15) is 0 Å². The van der Waals surface area contributed by atoms with Gasteiger partial charge in [0.15, 0.2) is 0 Å². The summed E-state index contributed by atoms with van der Waals surface area (Å²) in [5.41, 5.74) is 25.1. The largest absolute Gasteiger partial charge is 0.311 e. The maximum Gasteiger partial charge on any atom is 0.0462 e. The number of para-hydroxylation sites is 2. The highest BCUT2D eigenvalue weighted by Crippen LogP contribution is 2.40. The molecule has 12 aromatic carbocycles. The Bertz CT molecular complexity index is 3930. The van der Waals surface area contributed by atoms with Gasteiger partial charge in [0.1, 0.15) is 0 Å². The zero-order chi connectivity index (χ0) is 60.0. The highest BCUT2D eigenvalue weighted by molar-refractivity contribution is 5.83. The van der Waals surface area contributed by atoms with E-state index in [0.717, 1.165) is 102 Å². The van der Waals surface area contributed by atoms with Gasteiger partial charge in [0.25, 0.3) is 0 Å². The maximum absolute atomic E-state index is 2.31. The minimum Gasteiger partial charge on any atom is -0.311 e. The summed E-state index contributed by atoms with van der Waals surface area (Å²) in [6.45, 7) is 8.50. The average molecular weight is 1140 g/mol. The Morgan fingerprint density at radius 1 is 0.170 bits per heavy atom. The summed E-state index contributed by atoms with van der Waals surface area (Å²) in [5.74, 6) is 0. The molecule has 0 fully saturated rings. The fourth-order valence-electron chi connectivity index (χ4n) is 10.9. The number of nitrogens with zero attached hydrogens (tertiary/aromatic N) is 4. The van der Waals surface area contributed by atoms with E-state index in [-0.39, 0.29) is 0 Å². The number of hydrogen-bond acceptors (Lipinski definition) is 4. The van der Waals surface area contributed by atoms with Crippen LogP contribution in [0.3, 0.4) is 0 Å². The number of rotatable bonds is 19. The van der Waals surface area contributed by atoms with Crippen molar-refractivity contribution >= 4 is 92.6 Å². The third-order valence-electron chi connectivity index (χ3n) is 15.8. The van der Waals surface area contributed by atoms with Crippen LogP contribution < -0.4 is 19.6 Å². The molecule has 12 rings (SSSR count). The van der Waals surface area contributed by atoms with Gasteiger partial charge in [-0.15, -0.1) is 0 Å². The van der Waals surface area contributed by atoms with Crippen LogP contribution in [0, 0.1) is 27.7 Å². The zero-order valence-electron chi connectivity index (χ0n) is 50.3. The smallest absolute Gasteiger partial charge is 0.0462 e. The molecule has 0 N–H and O–H groups in total. The molecule has 0 radical (unpaired) electrons. The van der Waals surface area contributed by atoms with Crippen LogP contribution >= 0.6 is 0 Å². The molecule has 0 aromatic heterocycles. The van der Waals surface area contributed by atoms with Crippen LogP contribution in [-0.2, 0) is 0 Å². The lowest BCUT2D eigenvalue weighted by Gasteiger charge is -2.26. The third-order valence-corrected chi connectivity index (χ3v) is 15.8. The first kappa shape index (κ1) is 57.2. The van der Waals surface area contributed by atoms with Crippen molar-refractivity contribution < 1.29 is 0 Å². The fraction of sp³-hybridized carbons (Fsp3) is 0.0476. The van der Waals surface area contributed by atoms with Gasteiger partial charge in [0.05, 0.1) is 0 Å². The molecule has 0 unspecified atom stereocenters. The number of allylic oxidation sites excluding steroid dienone is 4. The standard InChI is InChI=1S/C84H70N4/c1-63-23-43-75(44-24-63)87(76-45-25-64(2)26-46-76)81-55-35-69(36-56-81)17-13-11-15-67-31-51-79(52-32-67)85(73-19-7-5-8-20-73)83-59-39-71(40-60-83)72-41-61-84(62-42-72)86(74-21-9-6-10-22-74)80-53-33-68(34-54-80)16-12-14-18-70-37-57-82(58-38-70)88(77-47-27-65(3)28-48-77)78-49-29-66(4)30-50-78/h5-62H,1-4H3/b15-11+,16-12+,17-13+,18-14+. The first-order valence-corrected chi connectivity index (χ1v) is 30.1. The van der Waals surface area contributed by atoms with E-state index in [0.29, 0.717) is 0 Å². The molecule has 0 amide bonds. The summed E-state index contributed by atoms with van der Waals surface area (Å²) in [4.78, 5) is 9.23. The van der Waals surface area contributed by atoms with Crippen molar-refractivity contribution in [2.75, 3.05) is 19.6 Å². The van der Waals surface area contributed by atoms with Gasteiger partial charge in [-0.3, -0.25) is 0 Å². The molecule has 426 valence electrons. The van der Waals surface area contributed by atoms with Gasteiger partial charge in [-0.05, 0) is 207 Å². The van der Waals surface area contributed by atoms with Crippen molar-refractivity contribution in [2.24, 2.45) is 0 Å². The van der Waals surface area contributed by atoms with Crippen LogP contribution in [0.2, 0.25) is 0 Å². The second-order valence-corrected chi connectivity index (χ2v) is 22.3. The number of hydrogen-bond donors (Lipinski definition) is 0. The lowest BCUT2D eigenvalue weighted by atomic mass is 10.0. The van der Waals surface area contributed by atoms with Crippen LogP contribution in [0.5, 0.6) is 0 Å². The van der Waals surface area contributed by atoms with Gasteiger partial charge in [0, 0.05) is 68.2 Å². The summed E-state index contributed by atoms with van der Waals surface area (Å²) >= 11 is 0. The van der Waals surface area contributed by atoms with E-state index in [1.165, 1.54) is 22.3 Å². The van der Waals surface area contributed by atoms with Gasteiger partial charge in [0.2, 0.25) is 0 Å². The van der Waals surface area contributed by atoms with Crippen LogP contribution in [0.15, 0.2) is 328 Å². The molecule has 0 aliphatic carbocycles. The Labute approximate surface area is 520 Å². The fourth-order valence-corrected chi connectivity index (χ4v) is 10.9. The minimum atomic E-state index is 1.08. The van der Waals surface area contributed by atoms with Gasteiger partial charge in [-0.1, -0.05) is 229 Å². The highest BCUT2D eigenvalue weighted by atomic mass is 15.2. The van der Waals surface area contributed by atoms with Crippen LogP contribution in [0.25, 0.3) is 35.4 Å². The van der Waals surface area contributed by atoms with Crippen molar-refractivity contribution in [2.45, 2.75) is 27.7 Å². The van der Waals surface area contributed by atoms with Crippen molar-refractivity contribution in [1.29, 1.82) is 0 Å². The summed E-state index contributed by atoms with van der Waals surface area (Å²) < 4.78 is 0. The van der Waals surface area contributed by atoms with Crippen LogP contribution in [-0.4, -0.2) is 0 Å². The molecule has 0 saturated carbocycles. The lowest BCUT2D eigenvalue weighted by molar-refractivity contribution is 1.27. The van der Waals surface area contributed by atoms with Gasteiger partial charge >= 0.3 is 0 Å². The van der Waals surface area contributed by atoms with Crippen LogP contribution in [0.4, 0.5) is 68.2 Å².